The molecule has 7 heteroatoms. The number of hydrogen-bond donors (Lipinski definition) is 1. The Bertz CT molecular complexity index is 556. The summed E-state index contributed by atoms with van der Waals surface area (Å²) in [6.45, 7) is 1.64. The molecule has 3 heterocycles. The van der Waals surface area contributed by atoms with E-state index in [1.165, 1.54) is 10.9 Å². The quantitative estimate of drug-likeness (QED) is 0.879. The number of piperidine rings is 1. The van der Waals surface area contributed by atoms with E-state index < -0.39 is 0 Å². The molecule has 20 heavy (non-hydrogen) atoms. The van der Waals surface area contributed by atoms with Crippen LogP contribution in [0.5, 0.6) is 0 Å². The monoisotopic (exact) mass is 272 g/mol. The number of carbonyl (C=O) groups is 1. The van der Waals surface area contributed by atoms with Gasteiger partial charge < -0.3 is 10.2 Å². The van der Waals surface area contributed by atoms with Gasteiger partial charge in [0.25, 0.3) is 0 Å². The van der Waals surface area contributed by atoms with Crippen molar-refractivity contribution in [1.29, 1.82) is 0 Å². The third kappa shape index (κ3) is 2.76. The summed E-state index contributed by atoms with van der Waals surface area (Å²) >= 11 is 0. The molecule has 0 bridgehead atoms. The summed E-state index contributed by atoms with van der Waals surface area (Å²) < 4.78 is 1.44. The van der Waals surface area contributed by atoms with Crippen LogP contribution in [-0.4, -0.2) is 44.7 Å². The highest BCUT2D eigenvalue weighted by Gasteiger charge is 2.23. The van der Waals surface area contributed by atoms with Crippen molar-refractivity contribution in [1.82, 2.24) is 24.8 Å². The summed E-state index contributed by atoms with van der Waals surface area (Å²) in [4.78, 5) is 26.5. The predicted octanol–water partition coefficient (Wildman–Crippen LogP) is 0.900. The highest BCUT2D eigenvalue weighted by atomic mass is 16.2. The van der Waals surface area contributed by atoms with Gasteiger partial charge in [0.15, 0.2) is 0 Å². The largest absolute Gasteiger partial charge is 0.339 e. The van der Waals surface area contributed by atoms with Crippen LogP contribution in [0.25, 0.3) is 0 Å². The molecule has 1 aliphatic heterocycles. The number of nitrogens with zero attached hydrogens (tertiary/aromatic N) is 5. The molecule has 0 radical (unpaired) electrons. The summed E-state index contributed by atoms with van der Waals surface area (Å²) in [5, 5.41) is 3.01. The maximum Gasteiger partial charge on any atom is 0.327 e. The fourth-order valence-electron chi connectivity index (χ4n) is 2.36. The van der Waals surface area contributed by atoms with Crippen LogP contribution in [0.15, 0.2) is 37.2 Å². The van der Waals surface area contributed by atoms with Crippen LogP contribution >= 0.6 is 0 Å². The molecule has 3 rings (SSSR count). The van der Waals surface area contributed by atoms with Crippen molar-refractivity contribution < 1.29 is 4.79 Å². The second kappa shape index (κ2) is 5.68. The zero-order valence-electron chi connectivity index (χ0n) is 11.0. The average Bonchev–Trinajstić information content (AvgIpc) is 3.03. The molecule has 2 aromatic rings. The molecule has 104 valence electrons. The summed E-state index contributed by atoms with van der Waals surface area (Å²) in [5.74, 6) is 0.717. The SMILES string of the molecule is O=C(NC1CCCN(c2ncccn2)C1)n1ccnc1. The van der Waals surface area contributed by atoms with E-state index >= 15 is 0 Å². The molecule has 1 amide bonds. The normalized spacial score (nSPS) is 18.8. The molecule has 1 atom stereocenters. The topological polar surface area (TPSA) is 75.9 Å². The van der Waals surface area contributed by atoms with Gasteiger partial charge in [-0.3, -0.25) is 4.57 Å². The van der Waals surface area contributed by atoms with Crippen LogP contribution in [-0.2, 0) is 0 Å². The van der Waals surface area contributed by atoms with Crippen LogP contribution < -0.4 is 10.2 Å². The molecule has 2 aromatic heterocycles. The van der Waals surface area contributed by atoms with E-state index in [9.17, 15) is 4.79 Å². The van der Waals surface area contributed by atoms with Crippen LogP contribution in [0.4, 0.5) is 10.7 Å². The smallest absolute Gasteiger partial charge is 0.327 e. The maximum atomic E-state index is 12.0. The van der Waals surface area contributed by atoms with Crippen molar-refractivity contribution in [2.75, 3.05) is 18.0 Å². The summed E-state index contributed by atoms with van der Waals surface area (Å²) in [6.07, 6.45) is 10.2. The maximum absolute atomic E-state index is 12.0. The first-order valence-corrected chi connectivity index (χ1v) is 6.64. The third-order valence-corrected chi connectivity index (χ3v) is 3.32. The number of carbonyl (C=O) groups excluding carboxylic acids is 1. The summed E-state index contributed by atoms with van der Waals surface area (Å²) in [7, 11) is 0. The number of amides is 1. The zero-order chi connectivity index (χ0) is 13.8. The minimum Gasteiger partial charge on any atom is -0.339 e. The minimum atomic E-state index is -0.150. The van der Waals surface area contributed by atoms with Crippen molar-refractivity contribution >= 4 is 12.0 Å². The van der Waals surface area contributed by atoms with E-state index in [-0.39, 0.29) is 12.1 Å². The van der Waals surface area contributed by atoms with Gasteiger partial charge in [0, 0.05) is 43.9 Å². The first kappa shape index (κ1) is 12.6. The van der Waals surface area contributed by atoms with Crippen molar-refractivity contribution in [3.8, 4) is 0 Å². The van der Waals surface area contributed by atoms with Crippen molar-refractivity contribution in [2.24, 2.45) is 0 Å². The van der Waals surface area contributed by atoms with E-state index in [2.05, 4.69) is 25.2 Å². The second-order valence-electron chi connectivity index (χ2n) is 4.75. The van der Waals surface area contributed by atoms with Crippen LogP contribution in [0.2, 0.25) is 0 Å². The molecule has 7 nitrogen and oxygen atoms in total. The molecule has 1 N–H and O–H groups in total. The van der Waals surface area contributed by atoms with E-state index in [0.29, 0.717) is 5.95 Å². The van der Waals surface area contributed by atoms with Crippen molar-refractivity contribution in [2.45, 2.75) is 18.9 Å². The molecule has 0 spiro atoms. The van der Waals surface area contributed by atoms with E-state index in [1.807, 2.05) is 0 Å². The van der Waals surface area contributed by atoms with Gasteiger partial charge in [0.2, 0.25) is 5.95 Å². The number of nitrogens with one attached hydrogen (secondary N) is 1. The van der Waals surface area contributed by atoms with Gasteiger partial charge in [-0.25, -0.2) is 19.7 Å². The van der Waals surface area contributed by atoms with Crippen molar-refractivity contribution in [3.05, 3.63) is 37.2 Å². The van der Waals surface area contributed by atoms with Gasteiger partial charge in [-0.05, 0) is 18.9 Å². The first-order valence-electron chi connectivity index (χ1n) is 6.64. The highest BCUT2D eigenvalue weighted by molar-refractivity contribution is 5.76. The molecule has 0 aromatic carbocycles. The third-order valence-electron chi connectivity index (χ3n) is 3.32. The van der Waals surface area contributed by atoms with E-state index in [0.717, 1.165) is 25.9 Å². The summed E-state index contributed by atoms with van der Waals surface area (Å²) in [5.41, 5.74) is 0. The van der Waals surface area contributed by atoms with E-state index in [1.54, 1.807) is 30.9 Å². The standard InChI is InChI=1S/C13H16N6O/c20-13(19-8-6-14-10-19)17-11-3-1-7-18(9-11)12-15-4-2-5-16-12/h2,4-6,8,10-11H,1,3,7,9H2,(H,17,20). The molecular weight excluding hydrogens is 256 g/mol. The van der Waals surface area contributed by atoms with Gasteiger partial charge in [0.1, 0.15) is 6.33 Å². The molecule has 1 saturated heterocycles. The van der Waals surface area contributed by atoms with Gasteiger partial charge >= 0.3 is 6.03 Å². The van der Waals surface area contributed by atoms with Crippen LogP contribution in [0.3, 0.4) is 0 Å². The number of hydrogen-bond acceptors (Lipinski definition) is 5. The Labute approximate surface area is 116 Å². The second-order valence-corrected chi connectivity index (χ2v) is 4.75. The Kier molecular flexibility index (Phi) is 3.58. The number of aromatic nitrogens is 4. The highest BCUT2D eigenvalue weighted by Crippen LogP contribution is 2.15. The predicted molar refractivity (Wildman–Crippen MR) is 73.4 cm³/mol. The molecule has 1 aliphatic rings. The fraction of sp³-hybridized carbons (Fsp3) is 0.385. The number of anilines is 1. The van der Waals surface area contributed by atoms with Gasteiger partial charge in [-0.2, -0.15) is 0 Å². The molecular formula is C13H16N6O. The van der Waals surface area contributed by atoms with Crippen molar-refractivity contribution in [3.63, 3.8) is 0 Å². The Balaban J connectivity index is 1.62. The lowest BCUT2D eigenvalue weighted by Gasteiger charge is -2.32. The Hall–Kier alpha value is -2.44. The van der Waals surface area contributed by atoms with Crippen LogP contribution in [0, 0.1) is 0 Å². The van der Waals surface area contributed by atoms with Crippen LogP contribution in [0.1, 0.15) is 12.8 Å². The molecule has 1 fully saturated rings. The van der Waals surface area contributed by atoms with Gasteiger partial charge in [-0.15, -0.1) is 0 Å². The lowest BCUT2D eigenvalue weighted by molar-refractivity contribution is 0.236. The lowest BCUT2D eigenvalue weighted by Crippen LogP contribution is -2.49. The Morgan fingerprint density at radius 2 is 2.15 bits per heavy atom. The average molecular weight is 272 g/mol. The molecule has 0 aliphatic carbocycles. The molecule has 1 unspecified atom stereocenters. The Morgan fingerprint density at radius 1 is 1.30 bits per heavy atom. The van der Waals surface area contributed by atoms with Gasteiger partial charge in [-0.1, -0.05) is 0 Å². The lowest BCUT2D eigenvalue weighted by atomic mass is 10.1. The first-order chi connectivity index (χ1) is 9.83. The van der Waals surface area contributed by atoms with Gasteiger partial charge in [0.05, 0.1) is 0 Å². The van der Waals surface area contributed by atoms with E-state index in [4.69, 9.17) is 0 Å². The minimum absolute atomic E-state index is 0.0995. The zero-order valence-corrected chi connectivity index (χ0v) is 11.0. The number of rotatable bonds is 2. The number of imidazole rings is 1. The fourth-order valence-corrected chi connectivity index (χ4v) is 2.36. The molecule has 0 saturated carbocycles. The Morgan fingerprint density at radius 3 is 2.90 bits per heavy atom. The summed E-state index contributed by atoms with van der Waals surface area (Å²) in [6, 6.07) is 1.75.